The number of hydrogen-bond donors (Lipinski definition) is 0. The van der Waals surface area contributed by atoms with Crippen LogP contribution in [-0.4, -0.2) is 17.3 Å². The molecule has 0 aliphatic carbocycles. The van der Waals surface area contributed by atoms with Gasteiger partial charge in [-0.3, -0.25) is 4.79 Å². The number of carbonyl (C=O) groups is 1. The molecule has 0 saturated heterocycles. The van der Waals surface area contributed by atoms with E-state index in [9.17, 15) is 4.79 Å². The summed E-state index contributed by atoms with van der Waals surface area (Å²) in [6.45, 7) is 9.29. The number of hydrogen-bond acceptors (Lipinski definition) is 3. The van der Waals surface area contributed by atoms with Crippen molar-refractivity contribution in [3.8, 4) is 0 Å². The summed E-state index contributed by atoms with van der Waals surface area (Å²) in [5.41, 5.74) is 5.58. The highest BCUT2D eigenvalue weighted by molar-refractivity contribution is 7.99. The molecule has 2 heterocycles. The van der Waals surface area contributed by atoms with E-state index >= 15 is 0 Å². The molecule has 0 unspecified atom stereocenters. The van der Waals surface area contributed by atoms with E-state index in [2.05, 4.69) is 64.1 Å². The fraction of sp³-hybridized carbons (Fsp3) is 0.480. The van der Waals surface area contributed by atoms with Gasteiger partial charge in [0.1, 0.15) is 5.78 Å². The maximum absolute atomic E-state index is 12.8. The zero-order chi connectivity index (χ0) is 19.9. The first kappa shape index (κ1) is 20.1. The lowest BCUT2D eigenvalue weighted by atomic mass is 9.80. The van der Waals surface area contributed by atoms with Gasteiger partial charge in [-0.15, -0.1) is 23.5 Å². The molecule has 2 aromatic rings. The Labute approximate surface area is 178 Å². The van der Waals surface area contributed by atoms with Gasteiger partial charge in [0.2, 0.25) is 0 Å². The minimum atomic E-state index is 0.210. The van der Waals surface area contributed by atoms with Crippen molar-refractivity contribution in [2.75, 3.05) is 11.5 Å². The van der Waals surface area contributed by atoms with Gasteiger partial charge >= 0.3 is 0 Å². The summed E-state index contributed by atoms with van der Waals surface area (Å²) < 4.78 is 0. The summed E-state index contributed by atoms with van der Waals surface area (Å²) in [6, 6.07) is 13.3. The van der Waals surface area contributed by atoms with E-state index in [0.717, 1.165) is 11.1 Å². The Bertz CT molecular complexity index is 837. The van der Waals surface area contributed by atoms with Gasteiger partial charge in [-0.05, 0) is 69.6 Å². The molecule has 2 aliphatic heterocycles. The Kier molecular flexibility index (Phi) is 5.43. The molecule has 4 rings (SSSR count). The van der Waals surface area contributed by atoms with Crippen molar-refractivity contribution < 1.29 is 4.79 Å². The van der Waals surface area contributed by atoms with E-state index in [4.69, 9.17) is 0 Å². The first-order valence-electron chi connectivity index (χ1n) is 10.3. The fourth-order valence-corrected chi connectivity index (χ4v) is 7.28. The minimum absolute atomic E-state index is 0.210. The zero-order valence-electron chi connectivity index (χ0n) is 17.4. The summed E-state index contributed by atoms with van der Waals surface area (Å²) in [5, 5.41) is 0. The topological polar surface area (TPSA) is 17.1 Å². The third-order valence-electron chi connectivity index (χ3n) is 6.32. The number of fused-ring (bicyclic) bond motifs is 2. The van der Waals surface area contributed by atoms with E-state index in [1.54, 1.807) is 0 Å². The Morgan fingerprint density at radius 1 is 0.786 bits per heavy atom. The number of rotatable bonds is 4. The second-order valence-corrected chi connectivity index (χ2v) is 11.8. The van der Waals surface area contributed by atoms with Crippen LogP contribution in [0.1, 0.15) is 62.8 Å². The van der Waals surface area contributed by atoms with Gasteiger partial charge in [0.25, 0.3) is 0 Å². The predicted molar refractivity (Wildman–Crippen MR) is 122 cm³/mol. The van der Waals surface area contributed by atoms with Crippen LogP contribution in [0, 0.1) is 0 Å². The second-order valence-electron chi connectivity index (χ2n) is 9.52. The molecule has 28 heavy (non-hydrogen) atoms. The zero-order valence-corrected chi connectivity index (χ0v) is 19.1. The van der Waals surface area contributed by atoms with Crippen LogP contribution in [0.15, 0.2) is 46.2 Å². The first-order chi connectivity index (χ1) is 13.2. The van der Waals surface area contributed by atoms with E-state index in [-0.39, 0.29) is 10.8 Å². The molecule has 0 N–H and O–H groups in total. The highest BCUT2D eigenvalue weighted by atomic mass is 32.2. The fourth-order valence-electron chi connectivity index (χ4n) is 4.30. The van der Waals surface area contributed by atoms with Gasteiger partial charge in [0, 0.05) is 22.6 Å². The minimum Gasteiger partial charge on any atom is -0.299 e. The SMILES string of the molecule is CC1(C)CCSc2ccc(CC(=O)Cc3ccc4c(c3)C(C)(C)CCS4)cc21. The molecule has 1 nitrogen and oxygen atoms in total. The summed E-state index contributed by atoms with van der Waals surface area (Å²) in [7, 11) is 0. The molecule has 0 amide bonds. The van der Waals surface area contributed by atoms with Crippen LogP contribution in [0.2, 0.25) is 0 Å². The molecule has 0 fully saturated rings. The van der Waals surface area contributed by atoms with Crippen molar-refractivity contribution in [3.63, 3.8) is 0 Å². The third-order valence-corrected chi connectivity index (χ3v) is 8.47. The van der Waals surface area contributed by atoms with E-state index in [1.165, 1.54) is 45.3 Å². The Balaban J connectivity index is 1.50. The maximum Gasteiger partial charge on any atom is 0.141 e. The average Bonchev–Trinajstić information content (AvgIpc) is 2.62. The number of Topliss-reactive ketones (excluding diaryl/α,β-unsaturated/α-hetero) is 1. The molecular formula is C25H30OS2. The summed E-state index contributed by atoms with van der Waals surface area (Å²) in [6.07, 6.45) is 3.46. The van der Waals surface area contributed by atoms with Crippen LogP contribution in [0.5, 0.6) is 0 Å². The smallest absolute Gasteiger partial charge is 0.141 e. The van der Waals surface area contributed by atoms with Crippen LogP contribution in [0.4, 0.5) is 0 Å². The maximum atomic E-state index is 12.8. The normalized spacial score (nSPS) is 19.6. The van der Waals surface area contributed by atoms with Gasteiger partial charge in [-0.2, -0.15) is 0 Å². The van der Waals surface area contributed by atoms with Crippen LogP contribution in [0.25, 0.3) is 0 Å². The average molecular weight is 411 g/mol. The van der Waals surface area contributed by atoms with Crippen molar-refractivity contribution in [2.45, 2.75) is 74.0 Å². The second kappa shape index (κ2) is 7.57. The standard InChI is InChI=1S/C25H30OS2/c1-24(2)9-11-27-22-7-5-17(15-20(22)24)13-19(26)14-18-6-8-23-21(16-18)25(3,4)10-12-28-23/h5-8,15-16H,9-14H2,1-4H3. The number of thioether (sulfide) groups is 2. The largest absolute Gasteiger partial charge is 0.299 e. The molecule has 0 bridgehead atoms. The monoisotopic (exact) mass is 410 g/mol. The van der Waals surface area contributed by atoms with Crippen LogP contribution in [0.3, 0.4) is 0 Å². The van der Waals surface area contributed by atoms with Gasteiger partial charge in [-0.1, -0.05) is 52.0 Å². The van der Waals surface area contributed by atoms with Crippen LogP contribution in [-0.2, 0) is 28.5 Å². The first-order valence-corrected chi connectivity index (χ1v) is 12.3. The van der Waals surface area contributed by atoms with Gasteiger partial charge in [0.05, 0.1) is 0 Å². The summed E-state index contributed by atoms with van der Waals surface area (Å²) in [5.74, 6) is 2.68. The molecule has 3 heteroatoms. The lowest BCUT2D eigenvalue weighted by Gasteiger charge is -2.32. The molecule has 0 atom stereocenters. The quantitative estimate of drug-likeness (QED) is 0.566. The summed E-state index contributed by atoms with van der Waals surface area (Å²) in [4.78, 5) is 15.6. The Morgan fingerprint density at radius 2 is 1.21 bits per heavy atom. The molecule has 0 saturated carbocycles. The highest BCUT2D eigenvalue weighted by Crippen LogP contribution is 2.43. The molecule has 2 aliphatic rings. The molecule has 0 aromatic heterocycles. The van der Waals surface area contributed by atoms with Crippen LogP contribution < -0.4 is 0 Å². The molecular weight excluding hydrogens is 380 g/mol. The van der Waals surface area contributed by atoms with Gasteiger partial charge in [0.15, 0.2) is 0 Å². The van der Waals surface area contributed by atoms with E-state index < -0.39 is 0 Å². The molecule has 148 valence electrons. The molecule has 0 spiro atoms. The predicted octanol–water partition coefficient (Wildman–Crippen LogP) is 6.59. The van der Waals surface area contributed by atoms with Crippen molar-refractivity contribution in [3.05, 3.63) is 58.7 Å². The van der Waals surface area contributed by atoms with E-state index in [1.807, 2.05) is 23.5 Å². The molecule has 0 radical (unpaired) electrons. The van der Waals surface area contributed by atoms with Gasteiger partial charge in [-0.25, -0.2) is 0 Å². The van der Waals surface area contributed by atoms with Crippen LogP contribution >= 0.6 is 23.5 Å². The summed E-state index contributed by atoms with van der Waals surface area (Å²) >= 11 is 3.89. The third kappa shape index (κ3) is 4.07. The Morgan fingerprint density at radius 3 is 1.64 bits per heavy atom. The van der Waals surface area contributed by atoms with Gasteiger partial charge < -0.3 is 0 Å². The van der Waals surface area contributed by atoms with E-state index in [0.29, 0.717) is 18.6 Å². The Hall–Kier alpha value is -1.19. The molecule has 2 aromatic carbocycles. The number of benzene rings is 2. The van der Waals surface area contributed by atoms with Crippen molar-refractivity contribution in [1.29, 1.82) is 0 Å². The lowest BCUT2D eigenvalue weighted by molar-refractivity contribution is -0.117. The van der Waals surface area contributed by atoms with Crippen molar-refractivity contribution >= 4 is 29.3 Å². The highest BCUT2D eigenvalue weighted by Gasteiger charge is 2.29. The number of ketones is 1. The van der Waals surface area contributed by atoms with Crippen molar-refractivity contribution in [2.24, 2.45) is 0 Å². The number of carbonyl (C=O) groups excluding carboxylic acids is 1. The lowest BCUT2D eigenvalue weighted by Crippen LogP contribution is -2.23. The van der Waals surface area contributed by atoms with Crippen molar-refractivity contribution in [1.82, 2.24) is 0 Å².